The fraction of sp³-hybridized carbons (Fsp3) is 0.458. The Balaban J connectivity index is 2.31. The highest BCUT2D eigenvalue weighted by Gasteiger charge is 2.65. The molecule has 1 aromatic rings. The third-order valence-electron chi connectivity index (χ3n) is 7.65. The quantitative estimate of drug-likeness (QED) is 0.256. The molecule has 6 atom stereocenters. The molecule has 0 saturated carbocycles. The molecule has 184 valence electrons. The van der Waals surface area contributed by atoms with Crippen molar-refractivity contribution in [2.24, 2.45) is 17.1 Å². The molecule has 1 amide bonds. The number of phenols is 1. The van der Waals surface area contributed by atoms with Crippen molar-refractivity contribution in [1.29, 1.82) is 0 Å². The maximum atomic E-state index is 13.2. The number of nitrogens with zero attached hydrogens (tertiary/aromatic N) is 1. The molecule has 3 rings (SSSR count). The Morgan fingerprint density at radius 2 is 1.71 bits per heavy atom. The van der Waals surface area contributed by atoms with Crippen LogP contribution >= 0.6 is 0 Å². The number of aliphatic hydroxyl groups excluding tert-OH is 2. The zero-order valence-electron chi connectivity index (χ0n) is 19.7. The molecule has 0 spiro atoms. The maximum Gasteiger partial charge on any atom is 0.255 e. The van der Waals surface area contributed by atoms with E-state index in [4.69, 9.17) is 5.73 Å². The van der Waals surface area contributed by atoms with E-state index in [2.05, 4.69) is 6.58 Å². The van der Waals surface area contributed by atoms with Gasteiger partial charge >= 0.3 is 0 Å². The van der Waals surface area contributed by atoms with Crippen molar-refractivity contribution < 1.29 is 39.9 Å². The minimum atomic E-state index is -2.44. The second-order valence-corrected chi connectivity index (χ2v) is 9.76. The first kappa shape index (κ1) is 25.6. The Hall–Kier alpha value is -3.05. The number of benzene rings is 1. The van der Waals surface area contributed by atoms with Gasteiger partial charge in [-0.1, -0.05) is 18.7 Å². The van der Waals surface area contributed by atoms with Crippen LogP contribution in [0.3, 0.4) is 0 Å². The number of likely N-dealkylation sites (N-methyl/N-ethyl adjacent to an activating group) is 1. The zero-order valence-corrected chi connectivity index (χ0v) is 19.7. The molecule has 1 aromatic carbocycles. The summed E-state index contributed by atoms with van der Waals surface area (Å²) in [6.45, 7) is 7.53. The van der Waals surface area contributed by atoms with Gasteiger partial charge in [-0.2, -0.15) is 0 Å². The lowest BCUT2D eigenvalue weighted by Crippen LogP contribution is -2.67. The van der Waals surface area contributed by atoms with Crippen LogP contribution in [0.4, 0.5) is 0 Å². The van der Waals surface area contributed by atoms with E-state index >= 15 is 0 Å². The Kier molecular flexibility index (Phi) is 5.82. The summed E-state index contributed by atoms with van der Waals surface area (Å²) in [6, 6.07) is 2.82. The average molecular weight is 475 g/mol. The molecule has 10 heteroatoms. The first-order valence-corrected chi connectivity index (χ1v) is 10.6. The van der Waals surface area contributed by atoms with Gasteiger partial charge in [-0.3, -0.25) is 19.3 Å². The smallest absolute Gasteiger partial charge is 0.255 e. The first-order chi connectivity index (χ1) is 15.5. The molecule has 0 bridgehead atoms. The number of carbonyl (C=O) groups excluding carboxylic acids is 3. The average Bonchev–Trinajstić information content (AvgIpc) is 2.72. The number of aromatic hydroxyl groups is 1. The third kappa shape index (κ3) is 3.06. The van der Waals surface area contributed by atoms with Gasteiger partial charge in [-0.25, -0.2) is 0 Å². The molecular weight excluding hydrogens is 444 g/mol. The van der Waals surface area contributed by atoms with Crippen molar-refractivity contribution in [3.05, 3.63) is 52.8 Å². The molecule has 7 N–H and O–H groups in total. The van der Waals surface area contributed by atoms with Crippen LogP contribution in [0.25, 0.3) is 0 Å². The lowest BCUT2D eigenvalue weighted by molar-refractivity contribution is -0.182. The number of amides is 1. The van der Waals surface area contributed by atoms with E-state index in [0.29, 0.717) is 0 Å². The van der Waals surface area contributed by atoms with Gasteiger partial charge in [0.1, 0.15) is 22.7 Å². The van der Waals surface area contributed by atoms with Crippen LogP contribution in [-0.2, 0) is 15.2 Å². The molecule has 0 aliphatic heterocycles. The highest BCUT2D eigenvalue weighted by molar-refractivity contribution is 6.23. The van der Waals surface area contributed by atoms with Crippen LogP contribution < -0.4 is 5.73 Å². The van der Waals surface area contributed by atoms with Gasteiger partial charge in [0.15, 0.2) is 5.78 Å². The molecule has 2 aliphatic rings. The van der Waals surface area contributed by atoms with Gasteiger partial charge in [0.2, 0.25) is 5.78 Å². The maximum absolute atomic E-state index is 13.2. The zero-order chi connectivity index (χ0) is 26.1. The molecule has 34 heavy (non-hydrogen) atoms. The van der Waals surface area contributed by atoms with Crippen molar-refractivity contribution in [3.63, 3.8) is 0 Å². The lowest BCUT2D eigenvalue weighted by atomic mass is 9.52. The summed E-state index contributed by atoms with van der Waals surface area (Å²) < 4.78 is 0. The highest BCUT2D eigenvalue weighted by atomic mass is 16.3. The molecule has 0 heterocycles. The number of rotatable bonds is 4. The van der Waals surface area contributed by atoms with Crippen molar-refractivity contribution in [2.45, 2.75) is 44.1 Å². The first-order valence-electron chi connectivity index (χ1n) is 10.6. The van der Waals surface area contributed by atoms with E-state index in [9.17, 15) is 39.9 Å². The Labute approximate surface area is 196 Å². The summed E-state index contributed by atoms with van der Waals surface area (Å²) in [5.41, 5.74) is -2.30. The number of nitrogens with two attached hydrogens (primary N) is 1. The van der Waals surface area contributed by atoms with E-state index < -0.39 is 63.5 Å². The molecule has 0 radical (unpaired) electrons. The van der Waals surface area contributed by atoms with E-state index in [0.717, 1.165) is 6.92 Å². The predicted molar refractivity (Wildman–Crippen MR) is 121 cm³/mol. The summed E-state index contributed by atoms with van der Waals surface area (Å²) in [5, 5.41) is 55.9. The van der Waals surface area contributed by atoms with Gasteiger partial charge in [0.25, 0.3) is 5.91 Å². The Morgan fingerprint density at radius 1 is 1.15 bits per heavy atom. The largest absolute Gasteiger partial charge is 0.510 e. The number of Topliss-reactive ketones (excluding diaryl/α,β-unsaturated/α-hetero) is 2. The van der Waals surface area contributed by atoms with Gasteiger partial charge in [-0.05, 0) is 46.5 Å². The summed E-state index contributed by atoms with van der Waals surface area (Å²) in [6.07, 6.45) is -1.86. The number of hydrogen-bond acceptors (Lipinski definition) is 9. The van der Waals surface area contributed by atoms with Crippen LogP contribution in [0.15, 0.2) is 41.7 Å². The van der Waals surface area contributed by atoms with Crippen molar-refractivity contribution in [1.82, 2.24) is 4.90 Å². The second kappa shape index (κ2) is 7.74. The van der Waals surface area contributed by atoms with E-state index in [1.165, 1.54) is 51.0 Å². The van der Waals surface area contributed by atoms with Gasteiger partial charge in [-0.15, -0.1) is 0 Å². The van der Waals surface area contributed by atoms with E-state index in [1.54, 1.807) is 0 Å². The summed E-state index contributed by atoms with van der Waals surface area (Å²) in [7, 11) is 2.97. The fourth-order valence-electron chi connectivity index (χ4n) is 5.40. The van der Waals surface area contributed by atoms with Crippen LogP contribution in [-0.4, -0.2) is 79.7 Å². The minimum Gasteiger partial charge on any atom is -0.510 e. The molecule has 0 saturated heterocycles. The molecule has 0 unspecified atom stereocenters. The van der Waals surface area contributed by atoms with Crippen molar-refractivity contribution in [2.75, 3.05) is 14.1 Å². The van der Waals surface area contributed by atoms with Gasteiger partial charge < -0.3 is 31.3 Å². The van der Waals surface area contributed by atoms with E-state index in [1.807, 2.05) is 0 Å². The summed E-state index contributed by atoms with van der Waals surface area (Å²) in [5.74, 6) is -5.85. The summed E-state index contributed by atoms with van der Waals surface area (Å²) >= 11 is 0. The molecule has 0 aromatic heterocycles. The summed E-state index contributed by atoms with van der Waals surface area (Å²) in [4.78, 5) is 39.6. The molecule has 0 fully saturated rings. The van der Waals surface area contributed by atoms with Crippen LogP contribution in [0, 0.1) is 11.3 Å². The van der Waals surface area contributed by atoms with Gasteiger partial charge in [0, 0.05) is 11.5 Å². The monoisotopic (exact) mass is 474 g/mol. The number of ketones is 2. The van der Waals surface area contributed by atoms with Crippen LogP contribution in [0.1, 0.15) is 36.7 Å². The van der Waals surface area contributed by atoms with E-state index in [-0.39, 0.29) is 22.4 Å². The topological polar surface area (TPSA) is 182 Å². The molecule has 10 nitrogen and oxygen atoms in total. The number of hydrogen-bond donors (Lipinski definition) is 6. The van der Waals surface area contributed by atoms with Crippen molar-refractivity contribution in [3.8, 4) is 5.75 Å². The number of carbonyl (C=O) groups is 3. The van der Waals surface area contributed by atoms with Gasteiger partial charge in [0.05, 0.1) is 28.7 Å². The second-order valence-electron chi connectivity index (χ2n) is 9.76. The Morgan fingerprint density at radius 3 is 2.21 bits per heavy atom. The normalized spacial score (nSPS) is 34.9. The minimum absolute atomic E-state index is 0.0206. The molecule has 2 aliphatic carbocycles. The predicted octanol–water partition coefficient (Wildman–Crippen LogP) is -0.103. The standard InChI is InChI=1S/C24H30N2O8/c1-10-17(28)13-11(8-7-9-12(13)27)24(4,34)22(10,2)20(31)15-16(26(5)6)18(29)14(21(25)32)19(30)23(15,3)33/h7-9,15-16,20,27,29,31,33-34H,1H2,2-6H3,(H2,25,32)/t15-,16+,20-,22-,23-,24-/m1/s1. The lowest BCUT2D eigenvalue weighted by Gasteiger charge is -2.56. The number of aliphatic hydroxyl groups is 4. The number of phenolic OH excluding ortho intramolecular Hbond substituents is 1. The number of fused-ring (bicyclic) bond motifs is 1. The SMILES string of the molecule is C=C1C(=O)c2c(O)cccc2[C@@](C)(O)[C@@]1(C)[C@H](O)[C@H]1[C@H](N(C)C)C(O)=C(C(N)=O)C(=O)[C@]1(C)O. The fourth-order valence-corrected chi connectivity index (χ4v) is 5.40. The highest BCUT2D eigenvalue weighted by Crippen LogP contribution is 2.57. The van der Waals surface area contributed by atoms with Crippen molar-refractivity contribution >= 4 is 17.5 Å². The van der Waals surface area contributed by atoms with Crippen LogP contribution in [0.2, 0.25) is 0 Å². The number of primary amides is 1. The molecular formula is C24H30N2O8. The third-order valence-corrected chi connectivity index (χ3v) is 7.65. The Bertz CT molecular complexity index is 1150. The van der Waals surface area contributed by atoms with Crippen LogP contribution in [0.5, 0.6) is 5.75 Å².